The summed E-state index contributed by atoms with van der Waals surface area (Å²) in [5.74, 6) is -1.38. The van der Waals surface area contributed by atoms with Crippen LogP contribution in [0.3, 0.4) is 0 Å². The molecule has 0 saturated carbocycles. The van der Waals surface area contributed by atoms with Crippen molar-refractivity contribution in [1.29, 1.82) is 0 Å². The molecule has 1 unspecified atom stereocenters. The van der Waals surface area contributed by atoms with E-state index in [0.29, 0.717) is 68.0 Å². The monoisotopic (exact) mass is 659 g/mol. The topological polar surface area (TPSA) is 123 Å². The van der Waals surface area contributed by atoms with Crippen LogP contribution >= 0.6 is 0 Å². The molecule has 4 fully saturated rings. The summed E-state index contributed by atoms with van der Waals surface area (Å²) in [6, 6.07) is 5.46. The number of nitrogens with zero attached hydrogens (tertiary/aromatic N) is 5. The highest BCUT2D eigenvalue weighted by molar-refractivity contribution is 7.87. The maximum atomic E-state index is 15.2. The van der Waals surface area contributed by atoms with Crippen molar-refractivity contribution in [1.82, 2.24) is 24.3 Å². The number of hydrogen-bond donors (Lipinski definition) is 3. The summed E-state index contributed by atoms with van der Waals surface area (Å²) in [6.45, 7) is 3.41. The molecule has 3 N–H and O–H groups in total. The number of ether oxygens (including phenoxy) is 1. The Kier molecular flexibility index (Phi) is 7.05. The molecule has 15 heteroatoms. The summed E-state index contributed by atoms with van der Waals surface area (Å²) < 4.78 is 80.3. The highest BCUT2D eigenvalue weighted by Gasteiger charge is 2.50. The molecule has 3 atom stereocenters. The van der Waals surface area contributed by atoms with Crippen LogP contribution in [0.4, 0.5) is 24.7 Å². The Hall–Kier alpha value is -3.40. The van der Waals surface area contributed by atoms with Crippen LogP contribution in [0.5, 0.6) is 11.8 Å². The first-order chi connectivity index (χ1) is 22.0. The van der Waals surface area contributed by atoms with Gasteiger partial charge in [0.2, 0.25) is 0 Å². The summed E-state index contributed by atoms with van der Waals surface area (Å²) in [5.41, 5.74) is 0.776. The molecule has 246 valence electrons. The van der Waals surface area contributed by atoms with E-state index in [1.807, 2.05) is 4.90 Å². The second-order valence-corrected chi connectivity index (χ2v) is 14.9. The number of hydrogen-bond acceptors (Lipinski definition) is 9. The molecule has 5 aliphatic heterocycles. The molecular formula is C31H36F3N7O4S. The lowest BCUT2D eigenvalue weighted by Crippen LogP contribution is -2.57. The molecule has 46 heavy (non-hydrogen) atoms. The highest BCUT2D eigenvalue weighted by atomic mass is 32.2. The predicted octanol–water partition coefficient (Wildman–Crippen LogP) is 2.91. The number of piperidine rings is 1. The zero-order chi connectivity index (χ0) is 31.8. The maximum Gasteiger partial charge on any atom is 0.318 e. The van der Waals surface area contributed by atoms with Gasteiger partial charge in [-0.2, -0.15) is 23.1 Å². The second-order valence-electron chi connectivity index (χ2n) is 13.4. The van der Waals surface area contributed by atoms with Crippen LogP contribution in [-0.2, 0) is 23.2 Å². The Labute approximate surface area is 264 Å². The van der Waals surface area contributed by atoms with E-state index in [2.05, 4.69) is 19.2 Å². The van der Waals surface area contributed by atoms with Crippen LogP contribution in [0.2, 0.25) is 0 Å². The van der Waals surface area contributed by atoms with E-state index in [-0.39, 0.29) is 36.8 Å². The number of anilines is 2. The molecule has 11 nitrogen and oxygen atoms in total. The largest absolute Gasteiger partial charge is 0.508 e. The van der Waals surface area contributed by atoms with Gasteiger partial charge in [0.1, 0.15) is 24.3 Å². The van der Waals surface area contributed by atoms with Crippen LogP contribution in [0.25, 0.3) is 10.8 Å². The predicted molar refractivity (Wildman–Crippen MR) is 165 cm³/mol. The van der Waals surface area contributed by atoms with Gasteiger partial charge in [0.05, 0.1) is 29.0 Å². The minimum Gasteiger partial charge on any atom is -0.508 e. The second kappa shape index (κ2) is 10.8. The Morgan fingerprint density at radius 2 is 1.93 bits per heavy atom. The minimum absolute atomic E-state index is 0.0685. The fraction of sp³-hybridized carbons (Fsp3) is 0.548. The van der Waals surface area contributed by atoms with E-state index in [9.17, 15) is 22.3 Å². The van der Waals surface area contributed by atoms with Crippen LogP contribution < -0.4 is 24.0 Å². The van der Waals surface area contributed by atoms with Crippen molar-refractivity contribution in [3.8, 4) is 11.8 Å². The standard InChI is InChI=1S/C31H36F3N7O4S/c32-20-13-31(7-2-9-41(31)14-20)18-45-29-36-24-15-39(25-12-21(42)11-19-3-4-23(33)27(34)26(19)25)10-5-22(24)28(37-29)40-8-1-6-30(17-40)16-35-46(43,44)38-30/h3-4,11-12,20,35,38,42H,1-2,5-10,13-18H2/t20-,30?,31+/m1/s1. The number of fused-ring (bicyclic) bond motifs is 3. The van der Waals surface area contributed by atoms with E-state index in [1.165, 1.54) is 18.2 Å². The molecule has 0 aliphatic carbocycles. The molecular weight excluding hydrogens is 623 g/mol. The van der Waals surface area contributed by atoms with E-state index in [0.717, 1.165) is 37.4 Å². The van der Waals surface area contributed by atoms with Crippen molar-refractivity contribution in [2.24, 2.45) is 0 Å². The fourth-order valence-electron chi connectivity index (χ4n) is 8.31. The molecule has 6 heterocycles. The molecule has 0 bridgehead atoms. The van der Waals surface area contributed by atoms with Crippen molar-refractivity contribution in [3.63, 3.8) is 0 Å². The first-order valence-electron chi connectivity index (χ1n) is 15.8. The van der Waals surface area contributed by atoms with Crippen molar-refractivity contribution in [2.75, 3.05) is 55.7 Å². The van der Waals surface area contributed by atoms with Gasteiger partial charge in [0.15, 0.2) is 11.6 Å². The molecule has 5 aliphatic rings. The smallest absolute Gasteiger partial charge is 0.318 e. The Morgan fingerprint density at radius 3 is 2.76 bits per heavy atom. The molecule has 8 rings (SSSR count). The van der Waals surface area contributed by atoms with Gasteiger partial charge in [-0.25, -0.2) is 17.9 Å². The quantitative estimate of drug-likeness (QED) is 0.380. The molecule has 0 amide bonds. The summed E-state index contributed by atoms with van der Waals surface area (Å²) >= 11 is 0. The van der Waals surface area contributed by atoms with Crippen LogP contribution in [-0.4, -0.2) is 91.5 Å². The number of rotatable bonds is 5. The lowest BCUT2D eigenvalue weighted by atomic mass is 9.89. The number of aromatic nitrogens is 2. The minimum atomic E-state index is -3.59. The molecule has 1 spiro atoms. The Morgan fingerprint density at radius 1 is 1.09 bits per heavy atom. The van der Waals surface area contributed by atoms with Gasteiger partial charge in [-0.15, -0.1) is 0 Å². The van der Waals surface area contributed by atoms with Gasteiger partial charge in [-0.05, 0) is 56.2 Å². The van der Waals surface area contributed by atoms with E-state index >= 15 is 4.39 Å². The zero-order valence-corrected chi connectivity index (χ0v) is 26.1. The van der Waals surface area contributed by atoms with Gasteiger partial charge in [0, 0.05) is 56.2 Å². The van der Waals surface area contributed by atoms with Crippen molar-refractivity contribution < 1.29 is 31.4 Å². The number of halogens is 3. The molecule has 4 saturated heterocycles. The normalized spacial score (nSPS) is 29.1. The molecule has 0 radical (unpaired) electrons. The van der Waals surface area contributed by atoms with Crippen LogP contribution in [0.1, 0.15) is 43.4 Å². The SMILES string of the molecule is O=S1(=O)NCC2(CCCN(c3nc(OC[C@@]45CCCN4C[C@H](F)C5)nc4c3CCN(c3cc(O)cc5ccc(F)c(F)c35)C4)C2)N1. The van der Waals surface area contributed by atoms with Crippen molar-refractivity contribution >= 4 is 32.5 Å². The zero-order valence-electron chi connectivity index (χ0n) is 25.2. The van der Waals surface area contributed by atoms with Crippen LogP contribution in [0.15, 0.2) is 24.3 Å². The Bertz CT molecular complexity index is 1830. The number of alkyl halides is 1. The molecule has 2 aromatic carbocycles. The third kappa shape index (κ3) is 5.11. The highest BCUT2D eigenvalue weighted by Crippen LogP contribution is 2.42. The Balaban J connectivity index is 1.16. The van der Waals surface area contributed by atoms with Gasteiger partial charge in [0.25, 0.3) is 10.2 Å². The summed E-state index contributed by atoms with van der Waals surface area (Å²) in [6.07, 6.45) is 3.16. The van der Waals surface area contributed by atoms with E-state index < -0.39 is 39.1 Å². The molecule has 3 aromatic rings. The van der Waals surface area contributed by atoms with Crippen molar-refractivity contribution in [3.05, 3.63) is 47.2 Å². The summed E-state index contributed by atoms with van der Waals surface area (Å²) in [4.78, 5) is 15.8. The first-order valence-corrected chi connectivity index (χ1v) is 17.3. The van der Waals surface area contributed by atoms with E-state index in [1.54, 1.807) is 0 Å². The lowest BCUT2D eigenvalue weighted by molar-refractivity contribution is 0.107. The van der Waals surface area contributed by atoms with E-state index in [4.69, 9.17) is 14.7 Å². The third-order valence-corrected chi connectivity index (χ3v) is 11.6. The van der Waals surface area contributed by atoms with Gasteiger partial charge >= 0.3 is 6.01 Å². The van der Waals surface area contributed by atoms with Gasteiger partial charge < -0.3 is 19.6 Å². The average Bonchev–Trinajstić information content (AvgIpc) is 3.65. The number of aromatic hydroxyl groups is 1. The number of benzene rings is 2. The summed E-state index contributed by atoms with van der Waals surface area (Å²) in [7, 11) is -3.59. The average molecular weight is 660 g/mol. The number of phenolic OH excluding ortho intramolecular Hbond substituents is 1. The lowest BCUT2D eigenvalue weighted by Gasteiger charge is -2.41. The number of phenols is 1. The fourth-order valence-corrected chi connectivity index (χ4v) is 9.65. The number of nitrogens with one attached hydrogen (secondary N) is 2. The van der Waals surface area contributed by atoms with Crippen molar-refractivity contribution in [2.45, 2.75) is 62.3 Å². The molecule has 1 aromatic heterocycles. The van der Waals surface area contributed by atoms with Gasteiger partial charge in [-0.1, -0.05) is 6.07 Å². The van der Waals surface area contributed by atoms with Gasteiger partial charge in [-0.3, -0.25) is 4.90 Å². The van der Waals surface area contributed by atoms with Crippen LogP contribution in [0, 0.1) is 11.6 Å². The maximum absolute atomic E-state index is 15.2. The first kappa shape index (κ1) is 30.0. The third-order valence-electron chi connectivity index (χ3n) is 10.4. The summed E-state index contributed by atoms with van der Waals surface area (Å²) in [5, 5.41) is 10.9.